The van der Waals surface area contributed by atoms with Gasteiger partial charge >= 0.3 is 0 Å². The van der Waals surface area contributed by atoms with E-state index in [0.717, 1.165) is 0 Å². The van der Waals surface area contributed by atoms with Crippen LogP contribution in [0.25, 0.3) is 5.57 Å². The number of carbonyl (C=O) groups is 2. The zero-order valence-electron chi connectivity index (χ0n) is 17.5. The van der Waals surface area contributed by atoms with Crippen molar-refractivity contribution in [1.29, 1.82) is 0 Å². The second kappa shape index (κ2) is 9.11. The van der Waals surface area contributed by atoms with Crippen molar-refractivity contribution in [2.75, 3.05) is 19.5 Å². The van der Waals surface area contributed by atoms with Crippen molar-refractivity contribution in [3.05, 3.63) is 88.8 Å². The number of amides is 2. The summed E-state index contributed by atoms with van der Waals surface area (Å²) < 4.78 is 10.4. The molecule has 1 N–H and O–H groups in total. The van der Waals surface area contributed by atoms with E-state index in [4.69, 9.17) is 21.1 Å². The molecule has 0 atom stereocenters. The van der Waals surface area contributed by atoms with Gasteiger partial charge in [-0.3, -0.25) is 19.5 Å². The zero-order valence-corrected chi connectivity index (χ0v) is 18.2. The number of imide groups is 1. The summed E-state index contributed by atoms with van der Waals surface area (Å²) in [4.78, 5) is 32.1. The summed E-state index contributed by atoms with van der Waals surface area (Å²) in [6.07, 6.45) is 1.62. The van der Waals surface area contributed by atoms with Gasteiger partial charge in [-0.2, -0.15) is 0 Å². The fraction of sp³-hybridized carbons (Fsp3) is 0.125. The molecule has 0 saturated carbocycles. The molecule has 2 heterocycles. The van der Waals surface area contributed by atoms with Crippen molar-refractivity contribution in [2.45, 2.75) is 6.54 Å². The number of ether oxygens (including phenoxy) is 2. The second-order valence-electron chi connectivity index (χ2n) is 6.97. The van der Waals surface area contributed by atoms with E-state index < -0.39 is 11.8 Å². The number of halogens is 1. The minimum absolute atomic E-state index is 0.0622. The first-order valence-electron chi connectivity index (χ1n) is 9.77. The molecule has 1 aliphatic rings. The van der Waals surface area contributed by atoms with Crippen LogP contribution in [0.2, 0.25) is 5.02 Å². The topological polar surface area (TPSA) is 80.8 Å². The molecule has 0 spiro atoms. The van der Waals surface area contributed by atoms with Crippen molar-refractivity contribution >= 4 is 34.7 Å². The van der Waals surface area contributed by atoms with Crippen LogP contribution in [0.1, 0.15) is 11.3 Å². The molecule has 0 radical (unpaired) electrons. The third kappa shape index (κ3) is 4.15. The van der Waals surface area contributed by atoms with E-state index in [1.807, 2.05) is 6.07 Å². The van der Waals surface area contributed by atoms with E-state index in [0.29, 0.717) is 33.5 Å². The summed E-state index contributed by atoms with van der Waals surface area (Å²) in [5, 5.41) is 3.46. The predicted molar refractivity (Wildman–Crippen MR) is 121 cm³/mol. The monoisotopic (exact) mass is 449 g/mol. The van der Waals surface area contributed by atoms with E-state index in [1.165, 1.54) is 12.0 Å². The van der Waals surface area contributed by atoms with Gasteiger partial charge in [-0.05, 0) is 48.0 Å². The maximum absolute atomic E-state index is 13.3. The standard InChI is InChI=1S/C24H20ClN3O4/c1-31-18-9-6-15(7-10-18)21-22(27-16-8-11-20(32-2)19(25)13-16)24(30)28(23(21)29)14-17-5-3-4-12-26-17/h3-13,27H,14H2,1-2H3. The molecule has 1 aliphatic heterocycles. The lowest BCUT2D eigenvalue weighted by molar-refractivity contribution is -0.137. The number of methoxy groups -OCH3 is 2. The Morgan fingerprint density at radius 1 is 0.969 bits per heavy atom. The summed E-state index contributed by atoms with van der Waals surface area (Å²) in [6.45, 7) is 0.0622. The maximum Gasteiger partial charge on any atom is 0.278 e. The Balaban J connectivity index is 1.74. The van der Waals surface area contributed by atoms with Crippen molar-refractivity contribution in [3.8, 4) is 11.5 Å². The Morgan fingerprint density at radius 2 is 1.75 bits per heavy atom. The van der Waals surface area contributed by atoms with Gasteiger partial charge in [0.15, 0.2) is 0 Å². The molecule has 7 nitrogen and oxygen atoms in total. The number of carbonyl (C=O) groups excluding carboxylic acids is 2. The number of rotatable bonds is 7. The second-order valence-corrected chi connectivity index (χ2v) is 7.38. The van der Waals surface area contributed by atoms with Crippen LogP contribution < -0.4 is 14.8 Å². The molecule has 4 rings (SSSR count). The highest BCUT2D eigenvalue weighted by Crippen LogP contribution is 2.34. The van der Waals surface area contributed by atoms with Crippen LogP contribution in [0, 0.1) is 0 Å². The molecule has 8 heteroatoms. The summed E-state index contributed by atoms with van der Waals surface area (Å²) in [7, 11) is 3.08. The zero-order chi connectivity index (χ0) is 22.7. The van der Waals surface area contributed by atoms with Crippen LogP contribution in [-0.4, -0.2) is 35.9 Å². The summed E-state index contributed by atoms with van der Waals surface area (Å²) >= 11 is 6.24. The van der Waals surface area contributed by atoms with E-state index in [9.17, 15) is 9.59 Å². The minimum atomic E-state index is -0.446. The number of hydrogen-bond acceptors (Lipinski definition) is 6. The maximum atomic E-state index is 13.3. The number of benzene rings is 2. The molecule has 162 valence electrons. The summed E-state index contributed by atoms with van der Waals surface area (Å²) in [5.41, 5.74) is 2.18. The van der Waals surface area contributed by atoms with Crippen LogP contribution in [0.5, 0.6) is 11.5 Å². The summed E-state index contributed by atoms with van der Waals surface area (Å²) in [6, 6.07) is 17.4. The van der Waals surface area contributed by atoms with Crippen LogP contribution in [-0.2, 0) is 16.1 Å². The average molecular weight is 450 g/mol. The minimum Gasteiger partial charge on any atom is -0.497 e. The highest BCUT2D eigenvalue weighted by atomic mass is 35.5. The van der Waals surface area contributed by atoms with E-state index >= 15 is 0 Å². The molecule has 2 aromatic carbocycles. The molecule has 2 amide bonds. The first kappa shape index (κ1) is 21.4. The number of pyridine rings is 1. The van der Waals surface area contributed by atoms with Gasteiger partial charge in [0.25, 0.3) is 11.8 Å². The molecule has 0 fully saturated rings. The van der Waals surface area contributed by atoms with Crippen LogP contribution >= 0.6 is 11.6 Å². The van der Waals surface area contributed by atoms with Crippen LogP contribution in [0.3, 0.4) is 0 Å². The Kier molecular flexibility index (Phi) is 6.09. The molecule has 1 aromatic heterocycles. The molecule has 32 heavy (non-hydrogen) atoms. The highest BCUT2D eigenvalue weighted by Gasteiger charge is 2.39. The fourth-order valence-electron chi connectivity index (χ4n) is 3.40. The Bertz CT molecular complexity index is 1190. The molecule has 0 bridgehead atoms. The third-order valence-corrected chi connectivity index (χ3v) is 5.31. The van der Waals surface area contributed by atoms with Crippen molar-refractivity contribution < 1.29 is 19.1 Å². The van der Waals surface area contributed by atoms with Gasteiger partial charge in [0.2, 0.25) is 0 Å². The van der Waals surface area contributed by atoms with Crippen molar-refractivity contribution in [2.24, 2.45) is 0 Å². The Labute approximate surface area is 190 Å². The lowest BCUT2D eigenvalue weighted by Crippen LogP contribution is -2.32. The van der Waals surface area contributed by atoms with Crippen LogP contribution in [0.4, 0.5) is 5.69 Å². The predicted octanol–water partition coefficient (Wildman–Crippen LogP) is 4.14. The number of aromatic nitrogens is 1. The third-order valence-electron chi connectivity index (χ3n) is 5.01. The molecular formula is C24H20ClN3O4. The smallest absolute Gasteiger partial charge is 0.278 e. The fourth-order valence-corrected chi connectivity index (χ4v) is 3.66. The lowest BCUT2D eigenvalue weighted by atomic mass is 10.0. The Hall–Kier alpha value is -3.84. The highest BCUT2D eigenvalue weighted by molar-refractivity contribution is 6.36. The quantitative estimate of drug-likeness (QED) is 0.546. The van der Waals surface area contributed by atoms with Crippen molar-refractivity contribution in [1.82, 2.24) is 9.88 Å². The number of anilines is 1. The molecule has 0 unspecified atom stereocenters. The van der Waals surface area contributed by atoms with Gasteiger partial charge in [-0.25, -0.2) is 0 Å². The van der Waals surface area contributed by atoms with E-state index in [2.05, 4.69) is 10.3 Å². The molecule has 0 saturated heterocycles. The largest absolute Gasteiger partial charge is 0.497 e. The SMILES string of the molecule is COc1ccc(C2=C(Nc3ccc(OC)c(Cl)c3)C(=O)N(Cc3ccccn3)C2=O)cc1. The molecular weight excluding hydrogens is 430 g/mol. The molecule has 3 aromatic rings. The van der Waals surface area contributed by atoms with E-state index in [1.54, 1.807) is 67.9 Å². The van der Waals surface area contributed by atoms with E-state index in [-0.39, 0.29) is 17.8 Å². The lowest BCUT2D eigenvalue weighted by Gasteiger charge is -2.15. The number of nitrogens with zero attached hydrogens (tertiary/aromatic N) is 2. The molecule has 0 aliphatic carbocycles. The summed E-state index contributed by atoms with van der Waals surface area (Å²) in [5.74, 6) is 0.298. The number of nitrogens with one attached hydrogen (secondary N) is 1. The van der Waals surface area contributed by atoms with Gasteiger partial charge in [-0.15, -0.1) is 0 Å². The van der Waals surface area contributed by atoms with Gasteiger partial charge in [0.05, 0.1) is 37.1 Å². The van der Waals surface area contributed by atoms with Gasteiger partial charge in [-0.1, -0.05) is 29.8 Å². The van der Waals surface area contributed by atoms with Gasteiger partial charge in [0, 0.05) is 11.9 Å². The first-order chi connectivity index (χ1) is 15.5. The van der Waals surface area contributed by atoms with Crippen molar-refractivity contribution in [3.63, 3.8) is 0 Å². The number of hydrogen-bond donors (Lipinski definition) is 1. The van der Waals surface area contributed by atoms with Gasteiger partial charge in [0.1, 0.15) is 17.2 Å². The average Bonchev–Trinajstić information content (AvgIpc) is 3.04. The Morgan fingerprint density at radius 3 is 2.38 bits per heavy atom. The first-order valence-corrected chi connectivity index (χ1v) is 10.1. The van der Waals surface area contributed by atoms with Gasteiger partial charge < -0.3 is 14.8 Å². The van der Waals surface area contributed by atoms with Crippen LogP contribution in [0.15, 0.2) is 72.6 Å². The normalized spacial score (nSPS) is 13.5.